The zero-order valence-corrected chi connectivity index (χ0v) is 39.0. The lowest BCUT2D eigenvalue weighted by Gasteiger charge is -2.18. The summed E-state index contributed by atoms with van der Waals surface area (Å²) < 4.78 is 16.7. The Labute approximate surface area is 365 Å². The van der Waals surface area contributed by atoms with E-state index in [1.54, 1.807) is 0 Å². The van der Waals surface area contributed by atoms with Crippen LogP contribution in [0.25, 0.3) is 0 Å². The van der Waals surface area contributed by atoms with Gasteiger partial charge in [0.1, 0.15) is 13.2 Å². The first-order valence-electron chi connectivity index (χ1n) is 25.2. The molecule has 0 aromatic rings. The summed E-state index contributed by atoms with van der Waals surface area (Å²) in [7, 11) is 0. The number of hydrogen-bond donors (Lipinski definition) is 0. The largest absolute Gasteiger partial charge is 0.462 e. The van der Waals surface area contributed by atoms with E-state index in [4.69, 9.17) is 14.2 Å². The molecule has 0 heterocycles. The van der Waals surface area contributed by atoms with E-state index in [9.17, 15) is 14.4 Å². The molecule has 0 rings (SSSR count). The summed E-state index contributed by atoms with van der Waals surface area (Å²) in [4.78, 5) is 37.9. The van der Waals surface area contributed by atoms with Crippen molar-refractivity contribution in [3.05, 3.63) is 48.6 Å². The molecule has 0 radical (unpaired) electrons. The first-order chi connectivity index (χ1) is 29.0. The van der Waals surface area contributed by atoms with Crippen molar-refractivity contribution in [1.82, 2.24) is 0 Å². The molecular weight excluding hydrogens is 733 g/mol. The van der Waals surface area contributed by atoms with Crippen molar-refractivity contribution in [3.63, 3.8) is 0 Å². The lowest BCUT2D eigenvalue weighted by atomic mass is 10.0. The van der Waals surface area contributed by atoms with Gasteiger partial charge in [-0.25, -0.2) is 0 Å². The maximum atomic E-state index is 12.7. The molecule has 0 amide bonds. The van der Waals surface area contributed by atoms with Gasteiger partial charge in [0, 0.05) is 19.3 Å². The molecule has 0 fully saturated rings. The maximum absolute atomic E-state index is 12.7. The molecule has 0 aromatic heterocycles. The Kier molecular flexibility index (Phi) is 45.9. The highest BCUT2D eigenvalue weighted by Crippen LogP contribution is 2.15. The highest BCUT2D eigenvalue weighted by Gasteiger charge is 2.19. The van der Waals surface area contributed by atoms with Gasteiger partial charge in [-0.15, -0.1) is 0 Å². The summed E-state index contributed by atoms with van der Waals surface area (Å²) in [5.74, 6) is -0.907. The standard InChI is InChI=1S/C53H94O6/c1-4-7-10-13-16-19-22-24-25-26-27-28-29-32-34-37-40-43-46-52(55)58-49-50(48-57-51(54)45-42-39-36-33-30-21-18-15-12-9-6-3)59-53(56)47-44-41-38-35-31-23-20-17-14-11-8-5-2/h15,18,22,24-28,50H,4-14,16-17,19-21,23,29-49H2,1-3H3/b18-15-,24-22-,26-25-,28-27-. The molecule has 0 aliphatic carbocycles. The minimum Gasteiger partial charge on any atom is -0.462 e. The van der Waals surface area contributed by atoms with Crippen molar-refractivity contribution in [2.45, 2.75) is 258 Å². The Morgan fingerprint density at radius 1 is 0.339 bits per heavy atom. The topological polar surface area (TPSA) is 78.9 Å². The molecule has 0 N–H and O–H groups in total. The van der Waals surface area contributed by atoms with Crippen molar-refractivity contribution in [2.24, 2.45) is 0 Å². The van der Waals surface area contributed by atoms with E-state index in [0.717, 1.165) is 83.5 Å². The molecule has 6 heteroatoms. The normalized spacial score (nSPS) is 12.4. The summed E-state index contributed by atoms with van der Waals surface area (Å²) in [6.45, 7) is 6.56. The van der Waals surface area contributed by atoms with Crippen LogP contribution in [0.3, 0.4) is 0 Å². The molecule has 0 aliphatic rings. The smallest absolute Gasteiger partial charge is 0.306 e. The van der Waals surface area contributed by atoms with E-state index in [1.165, 1.54) is 128 Å². The van der Waals surface area contributed by atoms with E-state index in [0.29, 0.717) is 19.3 Å². The molecular formula is C53H94O6. The Morgan fingerprint density at radius 2 is 0.644 bits per heavy atom. The summed E-state index contributed by atoms with van der Waals surface area (Å²) in [5, 5.41) is 0. The SMILES string of the molecule is CCCC/C=C\CCCCCCCC(=O)OCC(COC(=O)CCCCCCC\C=C/C=C\C=C/CCCCCCC)OC(=O)CCCCCCCCCCCCCC. The van der Waals surface area contributed by atoms with Gasteiger partial charge in [0.05, 0.1) is 0 Å². The third-order valence-electron chi connectivity index (χ3n) is 10.9. The van der Waals surface area contributed by atoms with Gasteiger partial charge in [0.25, 0.3) is 0 Å². The van der Waals surface area contributed by atoms with Crippen LogP contribution in [-0.4, -0.2) is 37.2 Å². The predicted octanol–water partition coefficient (Wildman–Crippen LogP) is 16.3. The molecule has 0 saturated carbocycles. The van der Waals surface area contributed by atoms with Crippen molar-refractivity contribution >= 4 is 17.9 Å². The van der Waals surface area contributed by atoms with Gasteiger partial charge >= 0.3 is 17.9 Å². The van der Waals surface area contributed by atoms with Crippen LogP contribution in [0, 0.1) is 0 Å². The van der Waals surface area contributed by atoms with E-state index in [1.807, 2.05) is 0 Å². The van der Waals surface area contributed by atoms with Crippen molar-refractivity contribution in [1.29, 1.82) is 0 Å². The van der Waals surface area contributed by atoms with Gasteiger partial charge in [-0.3, -0.25) is 14.4 Å². The second-order valence-electron chi connectivity index (χ2n) is 16.8. The molecule has 1 atom stereocenters. The molecule has 1 unspecified atom stereocenters. The van der Waals surface area contributed by atoms with Crippen LogP contribution in [-0.2, 0) is 28.6 Å². The van der Waals surface area contributed by atoms with Gasteiger partial charge < -0.3 is 14.2 Å². The minimum atomic E-state index is -0.780. The number of rotatable bonds is 45. The number of esters is 3. The van der Waals surface area contributed by atoms with Crippen LogP contribution in [0.5, 0.6) is 0 Å². The van der Waals surface area contributed by atoms with Gasteiger partial charge in [0.15, 0.2) is 6.10 Å². The van der Waals surface area contributed by atoms with Crippen LogP contribution < -0.4 is 0 Å². The summed E-state index contributed by atoms with van der Waals surface area (Å²) in [5.41, 5.74) is 0. The Balaban J connectivity index is 4.38. The highest BCUT2D eigenvalue weighted by molar-refractivity contribution is 5.71. The van der Waals surface area contributed by atoms with E-state index >= 15 is 0 Å². The summed E-state index contributed by atoms with van der Waals surface area (Å²) in [6, 6.07) is 0. The van der Waals surface area contributed by atoms with Crippen molar-refractivity contribution in [2.75, 3.05) is 13.2 Å². The van der Waals surface area contributed by atoms with Crippen LogP contribution in [0.4, 0.5) is 0 Å². The number of unbranched alkanes of at least 4 members (excludes halogenated alkanes) is 28. The lowest BCUT2D eigenvalue weighted by Crippen LogP contribution is -2.30. The molecule has 6 nitrogen and oxygen atoms in total. The fourth-order valence-corrected chi connectivity index (χ4v) is 7.01. The number of ether oxygens (including phenoxy) is 3. The minimum absolute atomic E-state index is 0.0825. The van der Waals surface area contributed by atoms with Crippen LogP contribution in [0.15, 0.2) is 48.6 Å². The van der Waals surface area contributed by atoms with E-state index in [-0.39, 0.29) is 31.1 Å². The van der Waals surface area contributed by atoms with Crippen LogP contribution in [0.1, 0.15) is 252 Å². The van der Waals surface area contributed by atoms with Crippen molar-refractivity contribution in [3.8, 4) is 0 Å². The highest BCUT2D eigenvalue weighted by atomic mass is 16.6. The second-order valence-corrected chi connectivity index (χ2v) is 16.8. The zero-order valence-electron chi connectivity index (χ0n) is 39.0. The van der Waals surface area contributed by atoms with E-state index < -0.39 is 6.10 Å². The molecule has 0 aromatic carbocycles. The average Bonchev–Trinajstić information content (AvgIpc) is 3.23. The van der Waals surface area contributed by atoms with Gasteiger partial charge in [-0.1, -0.05) is 217 Å². The number of allylic oxidation sites excluding steroid dienone is 8. The number of carbonyl (C=O) groups is 3. The van der Waals surface area contributed by atoms with Crippen LogP contribution in [0.2, 0.25) is 0 Å². The molecule has 59 heavy (non-hydrogen) atoms. The molecule has 0 bridgehead atoms. The Morgan fingerprint density at radius 3 is 1.03 bits per heavy atom. The third kappa shape index (κ3) is 46.3. The van der Waals surface area contributed by atoms with Gasteiger partial charge in [0.2, 0.25) is 0 Å². The quantitative estimate of drug-likeness (QED) is 0.0200. The molecule has 0 aliphatic heterocycles. The number of carbonyl (C=O) groups excluding carboxylic acids is 3. The van der Waals surface area contributed by atoms with E-state index in [2.05, 4.69) is 69.4 Å². The third-order valence-corrected chi connectivity index (χ3v) is 10.9. The summed E-state index contributed by atoms with van der Waals surface area (Å²) in [6.07, 6.45) is 56.6. The Hall–Kier alpha value is -2.63. The fraction of sp³-hybridized carbons (Fsp3) is 0.792. The van der Waals surface area contributed by atoms with Gasteiger partial charge in [-0.2, -0.15) is 0 Å². The van der Waals surface area contributed by atoms with Gasteiger partial charge in [-0.05, 0) is 64.2 Å². The fourth-order valence-electron chi connectivity index (χ4n) is 7.01. The average molecular weight is 827 g/mol. The molecule has 342 valence electrons. The van der Waals surface area contributed by atoms with Crippen LogP contribution >= 0.6 is 0 Å². The maximum Gasteiger partial charge on any atom is 0.306 e. The predicted molar refractivity (Wildman–Crippen MR) is 252 cm³/mol. The molecule has 0 spiro atoms. The van der Waals surface area contributed by atoms with Crippen molar-refractivity contribution < 1.29 is 28.6 Å². The first-order valence-corrected chi connectivity index (χ1v) is 25.2. The Bertz CT molecular complexity index is 1040. The lowest BCUT2D eigenvalue weighted by molar-refractivity contribution is -0.167. The summed E-state index contributed by atoms with van der Waals surface area (Å²) >= 11 is 0. The zero-order chi connectivity index (χ0) is 43.0. The number of hydrogen-bond acceptors (Lipinski definition) is 6. The molecule has 0 saturated heterocycles. The second kappa shape index (κ2) is 48.0. The monoisotopic (exact) mass is 827 g/mol. The first kappa shape index (κ1) is 56.4.